The Bertz CT molecular complexity index is 1500. The van der Waals surface area contributed by atoms with Crippen molar-refractivity contribution in [2.75, 3.05) is 5.32 Å². The summed E-state index contributed by atoms with van der Waals surface area (Å²) in [6.45, 7) is 2.04. The Morgan fingerprint density at radius 1 is 0.806 bits per heavy atom. The van der Waals surface area contributed by atoms with Gasteiger partial charge in [0.2, 0.25) is 11.8 Å². The quantitative estimate of drug-likeness (QED) is 0.188. The summed E-state index contributed by atoms with van der Waals surface area (Å²) in [5.74, 6) is -0.115. The molecule has 1 amide bonds. The lowest BCUT2D eigenvalue weighted by Gasteiger charge is -2.16. The molecule has 5 rings (SSSR count). The fourth-order valence-corrected chi connectivity index (χ4v) is 5.31. The zero-order valence-corrected chi connectivity index (χ0v) is 20.7. The first-order valence-corrected chi connectivity index (χ1v) is 12.9. The molecule has 0 aliphatic carbocycles. The molecule has 4 aromatic carbocycles. The summed E-state index contributed by atoms with van der Waals surface area (Å²) in [6.07, 6.45) is 4.01. The molecule has 1 heterocycles. The lowest BCUT2D eigenvalue weighted by molar-refractivity contribution is -0.111. The van der Waals surface area contributed by atoms with Crippen LogP contribution in [0.4, 0.5) is 5.69 Å². The Balaban J connectivity index is 1.31. The number of aromatic nitrogens is 1. The van der Waals surface area contributed by atoms with E-state index < -0.39 is 0 Å². The monoisotopic (exact) mass is 490 g/mol. The van der Waals surface area contributed by atoms with Gasteiger partial charge in [0.05, 0.1) is 16.3 Å². The molecule has 0 spiro atoms. The molecule has 0 radical (unpaired) electrons. The molecular weight excluding hydrogens is 464 g/mol. The van der Waals surface area contributed by atoms with E-state index in [1.54, 1.807) is 17.8 Å². The molecule has 0 aliphatic rings. The standard InChI is InChI=1S/C31H26N2O2S/c1-2-29(31(35)33-27-14-8-6-12-25(27)26-13-7-9-15-28(26)33)36-24-19-17-23(18-20-24)32-30(34)21-16-22-10-4-3-5-11-22/h3-21,29H,2H2,1H3,(H,32,34)/b21-16+. The maximum Gasteiger partial charge on any atom is 0.248 e. The molecule has 5 heteroatoms. The van der Waals surface area contributed by atoms with E-state index in [4.69, 9.17) is 0 Å². The molecule has 4 nitrogen and oxygen atoms in total. The Hall–Kier alpha value is -4.09. The molecule has 1 unspecified atom stereocenters. The van der Waals surface area contributed by atoms with Gasteiger partial charge < -0.3 is 5.32 Å². The minimum absolute atomic E-state index is 0.0725. The number of carbonyl (C=O) groups is 2. The van der Waals surface area contributed by atoms with Crippen molar-refractivity contribution in [2.24, 2.45) is 0 Å². The maximum atomic E-state index is 13.7. The zero-order valence-electron chi connectivity index (χ0n) is 19.9. The lowest BCUT2D eigenvalue weighted by Crippen LogP contribution is -2.23. The number of fused-ring (bicyclic) bond motifs is 3. The maximum absolute atomic E-state index is 13.7. The van der Waals surface area contributed by atoms with Gasteiger partial charge in [-0.1, -0.05) is 73.7 Å². The number of anilines is 1. The van der Waals surface area contributed by atoms with Crippen LogP contribution in [-0.2, 0) is 4.79 Å². The van der Waals surface area contributed by atoms with E-state index in [-0.39, 0.29) is 17.1 Å². The Labute approximate surface area is 214 Å². The number of para-hydroxylation sites is 2. The first-order valence-electron chi connectivity index (χ1n) is 12.0. The molecule has 1 N–H and O–H groups in total. The number of nitrogens with zero attached hydrogens (tertiary/aromatic N) is 1. The van der Waals surface area contributed by atoms with Gasteiger partial charge in [0, 0.05) is 27.4 Å². The van der Waals surface area contributed by atoms with Crippen molar-refractivity contribution in [1.29, 1.82) is 0 Å². The third-order valence-corrected chi connectivity index (χ3v) is 7.44. The number of benzene rings is 4. The number of hydrogen-bond acceptors (Lipinski definition) is 3. The smallest absolute Gasteiger partial charge is 0.248 e. The summed E-state index contributed by atoms with van der Waals surface area (Å²) >= 11 is 1.55. The number of hydrogen-bond donors (Lipinski definition) is 1. The molecule has 0 bridgehead atoms. The van der Waals surface area contributed by atoms with Gasteiger partial charge in [-0.2, -0.15) is 0 Å². The highest BCUT2D eigenvalue weighted by Gasteiger charge is 2.23. The molecule has 36 heavy (non-hydrogen) atoms. The SMILES string of the molecule is CCC(Sc1ccc(NC(=O)/C=C/c2ccccc2)cc1)C(=O)n1c2ccccc2c2ccccc21. The summed E-state index contributed by atoms with van der Waals surface area (Å²) in [5, 5.41) is 4.82. The Kier molecular flexibility index (Phi) is 7.01. The molecule has 1 atom stereocenters. The highest BCUT2D eigenvalue weighted by atomic mass is 32.2. The number of rotatable bonds is 7. The van der Waals surface area contributed by atoms with Crippen LogP contribution in [0.1, 0.15) is 23.7 Å². The first-order chi connectivity index (χ1) is 17.6. The van der Waals surface area contributed by atoms with Crippen LogP contribution < -0.4 is 5.32 Å². The number of carbonyl (C=O) groups excluding carboxylic acids is 2. The molecule has 5 aromatic rings. The van der Waals surface area contributed by atoms with E-state index >= 15 is 0 Å². The highest BCUT2D eigenvalue weighted by molar-refractivity contribution is 8.00. The molecule has 1 aromatic heterocycles. The summed E-state index contributed by atoms with van der Waals surface area (Å²) in [6, 6.07) is 33.4. The molecule has 0 fully saturated rings. The first kappa shape index (κ1) is 23.6. The van der Waals surface area contributed by atoms with Gasteiger partial charge in [-0.25, -0.2) is 0 Å². The van der Waals surface area contributed by atoms with Crippen LogP contribution in [0.3, 0.4) is 0 Å². The number of amides is 1. The van der Waals surface area contributed by atoms with Crippen molar-refractivity contribution < 1.29 is 9.59 Å². The molecular formula is C31H26N2O2S. The van der Waals surface area contributed by atoms with Crippen molar-refractivity contribution >= 4 is 57.1 Å². The molecule has 178 valence electrons. The van der Waals surface area contributed by atoms with E-state index in [0.29, 0.717) is 12.1 Å². The van der Waals surface area contributed by atoms with Gasteiger partial charge in [-0.15, -0.1) is 11.8 Å². The second kappa shape index (κ2) is 10.7. The van der Waals surface area contributed by atoms with Crippen LogP contribution in [-0.4, -0.2) is 21.6 Å². The summed E-state index contributed by atoms with van der Waals surface area (Å²) < 4.78 is 1.86. The minimum Gasteiger partial charge on any atom is -0.323 e. The fraction of sp³-hybridized carbons (Fsp3) is 0.0968. The van der Waals surface area contributed by atoms with Gasteiger partial charge in [0.25, 0.3) is 0 Å². The molecule has 0 saturated heterocycles. The van der Waals surface area contributed by atoms with Crippen molar-refractivity contribution in [3.8, 4) is 0 Å². The second-order valence-electron chi connectivity index (χ2n) is 8.48. The van der Waals surface area contributed by atoms with Gasteiger partial charge in [0.1, 0.15) is 0 Å². The van der Waals surface area contributed by atoms with Crippen molar-refractivity contribution in [3.63, 3.8) is 0 Å². The van der Waals surface area contributed by atoms with E-state index in [1.807, 2.05) is 102 Å². The van der Waals surface area contributed by atoms with Gasteiger partial charge in [-0.05, 0) is 54.5 Å². The summed E-state index contributed by atoms with van der Waals surface area (Å²) in [5.41, 5.74) is 3.55. The van der Waals surface area contributed by atoms with Crippen molar-refractivity contribution in [3.05, 3.63) is 115 Å². The predicted octanol–water partition coefficient (Wildman–Crippen LogP) is 7.66. The summed E-state index contributed by atoms with van der Waals surface area (Å²) in [7, 11) is 0. The van der Waals surface area contributed by atoms with E-state index in [9.17, 15) is 9.59 Å². The third kappa shape index (κ3) is 4.97. The Morgan fingerprint density at radius 3 is 2.00 bits per heavy atom. The van der Waals surface area contributed by atoms with Crippen LogP contribution in [0.2, 0.25) is 0 Å². The zero-order chi connectivity index (χ0) is 24.9. The largest absolute Gasteiger partial charge is 0.323 e. The summed E-state index contributed by atoms with van der Waals surface area (Å²) in [4.78, 5) is 27.0. The number of thioether (sulfide) groups is 1. The fourth-order valence-electron chi connectivity index (χ4n) is 4.31. The van der Waals surface area contributed by atoms with Crippen molar-refractivity contribution in [2.45, 2.75) is 23.5 Å². The van der Waals surface area contributed by atoms with Crippen LogP contribution in [0.25, 0.3) is 27.9 Å². The Morgan fingerprint density at radius 2 is 1.39 bits per heavy atom. The minimum atomic E-state index is -0.238. The molecule has 0 aliphatic heterocycles. The van der Waals surface area contributed by atoms with Crippen LogP contribution in [0.15, 0.2) is 114 Å². The average molecular weight is 491 g/mol. The molecule has 0 saturated carbocycles. The average Bonchev–Trinajstić information content (AvgIpc) is 3.26. The second-order valence-corrected chi connectivity index (χ2v) is 9.76. The normalized spacial score (nSPS) is 12.2. The van der Waals surface area contributed by atoms with Crippen LogP contribution >= 0.6 is 11.8 Å². The van der Waals surface area contributed by atoms with Gasteiger partial charge in [-0.3, -0.25) is 14.2 Å². The van der Waals surface area contributed by atoms with Crippen molar-refractivity contribution in [1.82, 2.24) is 4.57 Å². The lowest BCUT2D eigenvalue weighted by atomic mass is 10.2. The van der Waals surface area contributed by atoms with Gasteiger partial charge >= 0.3 is 0 Å². The number of nitrogens with one attached hydrogen (secondary N) is 1. The predicted molar refractivity (Wildman–Crippen MR) is 151 cm³/mol. The van der Waals surface area contributed by atoms with Crippen LogP contribution in [0, 0.1) is 0 Å². The highest BCUT2D eigenvalue weighted by Crippen LogP contribution is 2.33. The topological polar surface area (TPSA) is 51.1 Å². The van der Waals surface area contributed by atoms with Crippen LogP contribution in [0.5, 0.6) is 0 Å². The van der Waals surface area contributed by atoms with E-state index in [0.717, 1.165) is 32.3 Å². The van der Waals surface area contributed by atoms with E-state index in [1.165, 1.54) is 6.08 Å². The third-order valence-electron chi connectivity index (χ3n) is 6.07. The van der Waals surface area contributed by atoms with Gasteiger partial charge in [0.15, 0.2) is 0 Å². The van der Waals surface area contributed by atoms with E-state index in [2.05, 4.69) is 17.4 Å².